The molecule has 0 atom stereocenters. The molecule has 0 saturated heterocycles. The number of benzene rings is 4. The Morgan fingerprint density at radius 2 is 1.21 bits per heavy atom. The van der Waals surface area contributed by atoms with Gasteiger partial charge in [0.25, 0.3) is 0 Å². The topological polar surface area (TPSA) is 178 Å². The molecule has 0 radical (unpaired) electrons. The van der Waals surface area contributed by atoms with Gasteiger partial charge in [-0.2, -0.15) is 10.4 Å². The molecule has 24 heteroatoms. The number of tetrazole rings is 2. The summed E-state index contributed by atoms with van der Waals surface area (Å²) in [7, 11) is 0. The van der Waals surface area contributed by atoms with Gasteiger partial charge in [-0.25, -0.2) is 13.2 Å². The predicted octanol–water partition coefficient (Wildman–Crippen LogP) is 9.43. The summed E-state index contributed by atoms with van der Waals surface area (Å²) in [4.78, 5) is 0. The highest BCUT2D eigenvalue weighted by Crippen LogP contribution is 2.34. The average Bonchev–Trinajstić information content (AvgIpc) is 3.99. The molecular formula is C34H20BrF9N10O4. The first-order valence-electron chi connectivity index (χ1n) is 16.1. The largest absolute Gasteiger partial charge is 0.573 e. The molecule has 4 aromatic carbocycles. The Hall–Kier alpha value is -6.85. The highest BCUT2D eigenvalue weighted by Gasteiger charge is 2.33. The molecule has 4 heterocycles. The fraction of sp³-hybridized carbons (Fsp3) is 0.118. The lowest BCUT2D eigenvalue weighted by molar-refractivity contribution is -0.276. The van der Waals surface area contributed by atoms with Crippen molar-refractivity contribution in [1.82, 2.24) is 41.2 Å². The van der Waals surface area contributed by atoms with E-state index in [1.54, 1.807) is 24.3 Å². The van der Waals surface area contributed by atoms with Gasteiger partial charge < -0.3 is 28.9 Å². The van der Waals surface area contributed by atoms with Crippen LogP contribution in [0, 0.1) is 17.5 Å². The summed E-state index contributed by atoms with van der Waals surface area (Å²) in [6, 6.07) is 15.9. The van der Waals surface area contributed by atoms with Crippen LogP contribution in [0.3, 0.4) is 0 Å². The number of fused-ring (bicyclic) bond motifs is 2. The molecule has 58 heavy (non-hydrogen) atoms. The Bertz CT molecular complexity index is 2620. The van der Waals surface area contributed by atoms with Gasteiger partial charge in [0.15, 0.2) is 34.5 Å². The van der Waals surface area contributed by atoms with E-state index in [1.165, 1.54) is 30.3 Å². The minimum Gasteiger partial charge on any atom is -0.453 e. The number of halogens is 10. The number of hydrogen-bond donors (Lipinski definition) is 4. The van der Waals surface area contributed by atoms with Crippen molar-refractivity contribution in [2.75, 3.05) is 10.6 Å². The van der Waals surface area contributed by atoms with Crippen LogP contribution >= 0.6 is 15.9 Å². The molecule has 8 rings (SSSR count). The maximum Gasteiger partial charge on any atom is 0.573 e. The van der Waals surface area contributed by atoms with Gasteiger partial charge in [0.05, 0.1) is 4.47 Å². The molecule has 0 fully saturated rings. The quantitative estimate of drug-likeness (QED) is 0.0959. The van der Waals surface area contributed by atoms with Crippen molar-refractivity contribution in [3.05, 3.63) is 106 Å². The number of anilines is 2. The van der Waals surface area contributed by atoms with Crippen LogP contribution < -0.4 is 20.1 Å². The lowest BCUT2D eigenvalue weighted by atomic mass is 10.1. The molecule has 4 aromatic heterocycles. The van der Waals surface area contributed by atoms with Crippen LogP contribution in [0.15, 0.2) is 86.1 Å². The number of ether oxygens (including phenoxy) is 2. The standard InChI is InChI=1S/C17H10BrF4N5O2.C17H10F5N5O2/c18-11-6-10(3-4-12(11)29-17(20,21)22)23-7-9-2-1-8-5-13(16-24-26-27-25-16)28-15(8)14(9)19;18-11-3-8-4-15(16-24-26-27-25-16)28-14(8)5-9(11)7-23-10-1-2-13(12(19)6-10)29-17(20,21)22/h2*1-6,23H,7H2,(H,24,25,26,27). The number of furan rings is 2. The van der Waals surface area contributed by atoms with Gasteiger partial charge in [0.2, 0.25) is 11.6 Å². The van der Waals surface area contributed by atoms with Crippen LogP contribution in [0.5, 0.6) is 11.5 Å². The molecule has 4 N–H and O–H groups in total. The minimum absolute atomic E-state index is 0.0409. The van der Waals surface area contributed by atoms with Crippen LogP contribution in [0.4, 0.5) is 50.9 Å². The van der Waals surface area contributed by atoms with E-state index in [4.69, 9.17) is 8.83 Å². The van der Waals surface area contributed by atoms with E-state index in [2.05, 4.69) is 77.3 Å². The molecule has 0 amide bonds. The summed E-state index contributed by atoms with van der Waals surface area (Å²) in [6.07, 6.45) is -9.79. The van der Waals surface area contributed by atoms with Gasteiger partial charge in [-0.1, -0.05) is 12.1 Å². The SMILES string of the molecule is Fc1c(CNc2ccc(OC(F)(F)F)c(Br)c2)ccc2cc(-c3nn[nH]n3)oc12.Fc1cc2cc(-c3nn[nH]n3)oc2cc1CNc1ccc(OC(F)(F)F)c(F)c1. The maximum absolute atomic E-state index is 14.8. The molecule has 300 valence electrons. The van der Waals surface area contributed by atoms with Crippen molar-refractivity contribution in [2.45, 2.75) is 25.8 Å². The molecule has 0 aliphatic rings. The summed E-state index contributed by atoms with van der Waals surface area (Å²) in [5.74, 6) is -2.70. The first kappa shape index (κ1) is 39.4. The molecule has 0 saturated carbocycles. The van der Waals surface area contributed by atoms with E-state index < -0.39 is 35.9 Å². The lowest BCUT2D eigenvalue weighted by Crippen LogP contribution is -2.18. The monoisotopic (exact) mass is 882 g/mol. The Labute approximate surface area is 324 Å². The number of alkyl halides is 6. The highest BCUT2D eigenvalue weighted by molar-refractivity contribution is 9.10. The zero-order valence-corrected chi connectivity index (χ0v) is 30.0. The van der Waals surface area contributed by atoms with Gasteiger partial charge in [0.1, 0.15) is 17.1 Å². The van der Waals surface area contributed by atoms with Crippen LogP contribution in [-0.2, 0) is 13.1 Å². The van der Waals surface area contributed by atoms with Crippen LogP contribution in [-0.4, -0.2) is 54.0 Å². The molecule has 0 unspecified atom stereocenters. The second-order valence-electron chi connectivity index (χ2n) is 11.7. The van der Waals surface area contributed by atoms with E-state index in [0.717, 1.165) is 18.2 Å². The maximum atomic E-state index is 14.8. The van der Waals surface area contributed by atoms with E-state index in [0.29, 0.717) is 33.4 Å². The van der Waals surface area contributed by atoms with Gasteiger partial charge in [-0.3, -0.25) is 0 Å². The van der Waals surface area contributed by atoms with Crippen molar-refractivity contribution < 1.29 is 57.8 Å². The van der Waals surface area contributed by atoms with Gasteiger partial charge in [0, 0.05) is 52.4 Å². The molecule has 0 aliphatic carbocycles. The second-order valence-corrected chi connectivity index (χ2v) is 12.6. The van der Waals surface area contributed by atoms with Crippen molar-refractivity contribution >= 4 is 49.2 Å². The highest BCUT2D eigenvalue weighted by atomic mass is 79.9. The number of aromatic nitrogens is 8. The summed E-state index contributed by atoms with van der Waals surface area (Å²) in [6.45, 7) is 0.00482. The third kappa shape index (κ3) is 9.39. The van der Waals surface area contributed by atoms with E-state index in [1.807, 2.05) is 0 Å². The Morgan fingerprint density at radius 1 is 0.621 bits per heavy atom. The molecule has 8 aromatic rings. The van der Waals surface area contributed by atoms with Gasteiger partial charge in [-0.05, 0) is 81.0 Å². The summed E-state index contributed by atoms with van der Waals surface area (Å²) < 4.78 is 135. The molecule has 0 spiro atoms. The second kappa shape index (κ2) is 16.0. The number of rotatable bonds is 10. The number of H-pyrrole nitrogens is 2. The molecule has 14 nitrogen and oxygen atoms in total. The van der Waals surface area contributed by atoms with Gasteiger partial charge >= 0.3 is 12.7 Å². The third-order valence-corrected chi connectivity index (χ3v) is 8.42. The summed E-state index contributed by atoms with van der Waals surface area (Å²) >= 11 is 3.02. The number of aromatic amines is 2. The number of hydrogen-bond acceptors (Lipinski definition) is 12. The Kier molecular flexibility index (Phi) is 10.8. The van der Waals surface area contributed by atoms with E-state index >= 15 is 0 Å². The fourth-order valence-corrected chi connectivity index (χ4v) is 5.73. The Morgan fingerprint density at radius 3 is 1.81 bits per heavy atom. The molecule has 0 aliphatic heterocycles. The minimum atomic E-state index is -5.00. The van der Waals surface area contributed by atoms with Crippen LogP contribution in [0.1, 0.15) is 11.1 Å². The third-order valence-electron chi connectivity index (χ3n) is 7.80. The number of nitrogens with one attached hydrogen (secondary N) is 4. The normalized spacial score (nSPS) is 11.8. The summed E-state index contributed by atoms with van der Waals surface area (Å²) in [5, 5.41) is 33.2. The predicted molar refractivity (Wildman–Crippen MR) is 187 cm³/mol. The molecular weight excluding hydrogens is 863 g/mol. The van der Waals surface area contributed by atoms with Crippen molar-refractivity contribution in [1.29, 1.82) is 0 Å². The zero-order valence-electron chi connectivity index (χ0n) is 28.4. The number of nitrogens with zero attached hydrogens (tertiary/aromatic N) is 6. The van der Waals surface area contributed by atoms with E-state index in [9.17, 15) is 39.5 Å². The smallest absolute Gasteiger partial charge is 0.453 e. The first-order chi connectivity index (χ1) is 27.6. The Balaban J connectivity index is 0.000000177. The molecule has 0 bridgehead atoms. The van der Waals surface area contributed by atoms with Gasteiger partial charge in [-0.15, -0.1) is 46.7 Å². The van der Waals surface area contributed by atoms with Crippen molar-refractivity contribution in [3.8, 4) is 34.7 Å². The first-order valence-corrected chi connectivity index (χ1v) is 16.9. The zero-order chi connectivity index (χ0) is 41.2. The van der Waals surface area contributed by atoms with Crippen molar-refractivity contribution in [3.63, 3.8) is 0 Å². The summed E-state index contributed by atoms with van der Waals surface area (Å²) in [5.41, 5.74) is 1.52. The lowest BCUT2D eigenvalue weighted by Gasteiger charge is -2.13. The van der Waals surface area contributed by atoms with E-state index in [-0.39, 0.29) is 57.6 Å². The fourth-order valence-electron chi connectivity index (χ4n) is 5.27. The van der Waals surface area contributed by atoms with Crippen LogP contribution in [0.25, 0.3) is 45.1 Å². The average molecular weight is 883 g/mol. The van der Waals surface area contributed by atoms with Crippen molar-refractivity contribution in [2.24, 2.45) is 0 Å². The van der Waals surface area contributed by atoms with Crippen LogP contribution in [0.2, 0.25) is 0 Å².